The highest BCUT2D eigenvalue weighted by Crippen LogP contribution is 2.19. The van der Waals surface area contributed by atoms with Crippen LogP contribution in [0.2, 0.25) is 0 Å². The van der Waals surface area contributed by atoms with Gasteiger partial charge in [0.15, 0.2) is 0 Å². The highest BCUT2D eigenvalue weighted by Gasteiger charge is 2.31. The quantitative estimate of drug-likeness (QED) is 0.129. The van der Waals surface area contributed by atoms with Crippen molar-refractivity contribution in [3.8, 4) is 0 Å². The fraction of sp³-hybridized carbons (Fsp3) is 0.333. The first-order chi connectivity index (χ1) is 18.0. The molecule has 0 radical (unpaired) electrons. The molecule has 38 heavy (non-hydrogen) atoms. The summed E-state index contributed by atoms with van der Waals surface area (Å²) in [6.45, 7) is 1.47. The van der Waals surface area contributed by atoms with Crippen LogP contribution in [0.15, 0.2) is 43.0 Å². The van der Waals surface area contributed by atoms with Gasteiger partial charge >= 0.3 is 5.97 Å². The van der Waals surface area contributed by atoms with Crippen molar-refractivity contribution < 1.29 is 29.1 Å². The number of nitrogens with one attached hydrogen (secondary N) is 5. The van der Waals surface area contributed by atoms with Crippen molar-refractivity contribution >= 4 is 40.5 Å². The largest absolute Gasteiger partial charge is 0.480 e. The van der Waals surface area contributed by atoms with E-state index in [-0.39, 0.29) is 12.8 Å². The van der Waals surface area contributed by atoms with Gasteiger partial charge in [-0.05, 0) is 18.6 Å². The van der Waals surface area contributed by atoms with Crippen molar-refractivity contribution in [2.45, 2.75) is 50.4 Å². The summed E-state index contributed by atoms with van der Waals surface area (Å²) in [5, 5.41) is 17.6. The number of carboxylic acid groups (broad SMARTS) is 1. The zero-order valence-corrected chi connectivity index (χ0v) is 20.6. The Kier molecular flexibility index (Phi) is 9.16. The van der Waals surface area contributed by atoms with Crippen LogP contribution in [0.1, 0.15) is 24.6 Å². The molecule has 0 aliphatic rings. The van der Waals surface area contributed by atoms with Crippen LogP contribution in [0, 0.1) is 0 Å². The van der Waals surface area contributed by atoms with Crippen LogP contribution in [0.25, 0.3) is 10.9 Å². The van der Waals surface area contributed by atoms with Gasteiger partial charge in [-0.3, -0.25) is 19.2 Å². The van der Waals surface area contributed by atoms with E-state index < -0.39 is 60.2 Å². The lowest BCUT2D eigenvalue weighted by molar-refractivity contribution is -0.143. The third kappa shape index (κ3) is 7.39. The highest BCUT2D eigenvalue weighted by atomic mass is 16.4. The number of fused-ring (bicyclic) bond motifs is 1. The lowest BCUT2D eigenvalue weighted by atomic mass is 10.0. The summed E-state index contributed by atoms with van der Waals surface area (Å²) in [6, 6.07) is 2.52. The minimum Gasteiger partial charge on any atom is -0.480 e. The van der Waals surface area contributed by atoms with E-state index in [2.05, 4.69) is 30.9 Å². The fourth-order valence-corrected chi connectivity index (χ4v) is 3.80. The van der Waals surface area contributed by atoms with E-state index in [1.54, 1.807) is 6.20 Å². The van der Waals surface area contributed by atoms with Crippen molar-refractivity contribution in [1.82, 2.24) is 30.9 Å². The standard InChI is InChI=1S/C24H30N8O6/c1-12(25)21(34)30-17(6-13-9-28-16-5-3-2-4-15(13)16)22(35)31-18(7-14-10-27-11-29-14)23(36)32-19(24(37)38)8-20(26)33/h2-5,9-12,17-19,28H,6-8,25H2,1H3,(H2,26,33)(H,27,29)(H,30,34)(H,31,35)(H,32,36)(H,37,38). The van der Waals surface area contributed by atoms with Crippen molar-refractivity contribution in [3.63, 3.8) is 0 Å². The molecule has 14 nitrogen and oxygen atoms in total. The first kappa shape index (κ1) is 27.9. The van der Waals surface area contributed by atoms with E-state index >= 15 is 0 Å². The topological polar surface area (TPSA) is 238 Å². The van der Waals surface area contributed by atoms with Gasteiger partial charge in [-0.25, -0.2) is 9.78 Å². The summed E-state index contributed by atoms with van der Waals surface area (Å²) in [5.41, 5.74) is 12.8. The Morgan fingerprint density at radius 1 is 0.947 bits per heavy atom. The van der Waals surface area contributed by atoms with E-state index in [4.69, 9.17) is 11.5 Å². The molecule has 2 heterocycles. The molecule has 2 aromatic heterocycles. The van der Waals surface area contributed by atoms with Crippen LogP contribution in [0.5, 0.6) is 0 Å². The Labute approximate surface area is 216 Å². The third-order valence-corrected chi connectivity index (χ3v) is 5.78. The number of hydrogen-bond donors (Lipinski definition) is 8. The third-order valence-electron chi connectivity index (χ3n) is 5.78. The van der Waals surface area contributed by atoms with Crippen LogP contribution < -0.4 is 27.4 Å². The van der Waals surface area contributed by atoms with E-state index in [0.29, 0.717) is 5.69 Å². The first-order valence-corrected chi connectivity index (χ1v) is 11.7. The number of amides is 4. The molecule has 3 aromatic rings. The van der Waals surface area contributed by atoms with Gasteiger partial charge in [0, 0.05) is 41.8 Å². The van der Waals surface area contributed by atoms with Gasteiger partial charge in [0.25, 0.3) is 0 Å². The number of nitrogens with zero attached hydrogens (tertiary/aromatic N) is 1. The van der Waals surface area contributed by atoms with Gasteiger partial charge in [0.05, 0.1) is 18.8 Å². The average molecular weight is 527 g/mol. The lowest BCUT2D eigenvalue weighted by Crippen LogP contribution is -2.58. The molecule has 3 rings (SSSR count). The molecule has 4 atom stereocenters. The summed E-state index contributed by atoms with van der Waals surface area (Å²) in [4.78, 5) is 71.5. The van der Waals surface area contributed by atoms with E-state index in [1.807, 2.05) is 24.3 Å². The molecule has 0 saturated heterocycles. The number of aromatic amines is 2. The Balaban J connectivity index is 1.85. The molecule has 1 aromatic carbocycles. The Bertz CT molecular complexity index is 1300. The van der Waals surface area contributed by atoms with E-state index in [0.717, 1.165) is 16.5 Å². The Hall–Kier alpha value is -4.72. The Morgan fingerprint density at radius 3 is 2.18 bits per heavy atom. The van der Waals surface area contributed by atoms with Gasteiger partial charge < -0.3 is 42.5 Å². The number of H-pyrrole nitrogens is 2. The molecule has 202 valence electrons. The van der Waals surface area contributed by atoms with E-state index in [9.17, 15) is 29.1 Å². The molecule has 14 heteroatoms. The number of carbonyl (C=O) groups is 5. The number of aromatic nitrogens is 3. The van der Waals surface area contributed by atoms with Crippen LogP contribution >= 0.6 is 0 Å². The number of nitrogens with two attached hydrogens (primary N) is 2. The second kappa shape index (κ2) is 12.5. The number of hydrogen-bond acceptors (Lipinski definition) is 7. The van der Waals surface area contributed by atoms with Gasteiger partial charge in [-0.15, -0.1) is 0 Å². The molecule has 10 N–H and O–H groups in total. The molecular weight excluding hydrogens is 496 g/mol. The minimum atomic E-state index is -1.60. The summed E-state index contributed by atoms with van der Waals surface area (Å²) in [6.07, 6.45) is 3.89. The number of imidazole rings is 1. The molecular formula is C24H30N8O6. The van der Waals surface area contributed by atoms with Crippen molar-refractivity contribution in [3.05, 3.63) is 54.2 Å². The number of benzene rings is 1. The maximum Gasteiger partial charge on any atom is 0.326 e. The molecule has 0 aliphatic heterocycles. The zero-order chi connectivity index (χ0) is 27.8. The SMILES string of the molecule is CC(N)C(=O)NC(Cc1c[nH]c2ccccc12)C(=O)NC(Cc1cnc[nH]1)C(=O)NC(CC(N)=O)C(=O)O. The first-order valence-electron chi connectivity index (χ1n) is 11.7. The number of carboxylic acids is 1. The van der Waals surface area contributed by atoms with Gasteiger partial charge in [-0.1, -0.05) is 18.2 Å². The fourth-order valence-electron chi connectivity index (χ4n) is 3.80. The predicted octanol–water partition coefficient (Wildman–Crippen LogP) is -1.56. The minimum absolute atomic E-state index is 0.0755. The Morgan fingerprint density at radius 2 is 1.58 bits per heavy atom. The molecule has 0 bridgehead atoms. The predicted molar refractivity (Wildman–Crippen MR) is 135 cm³/mol. The summed E-state index contributed by atoms with van der Waals surface area (Å²) in [5.74, 6) is -4.54. The van der Waals surface area contributed by atoms with Crippen molar-refractivity contribution in [2.75, 3.05) is 0 Å². The molecule has 4 unspecified atom stereocenters. The molecule has 0 fully saturated rings. The number of para-hydroxylation sites is 1. The number of carbonyl (C=O) groups excluding carboxylic acids is 4. The smallest absolute Gasteiger partial charge is 0.326 e. The van der Waals surface area contributed by atoms with Crippen molar-refractivity contribution in [1.29, 1.82) is 0 Å². The zero-order valence-electron chi connectivity index (χ0n) is 20.6. The number of primary amides is 1. The number of aliphatic carboxylic acids is 1. The average Bonchev–Trinajstić information content (AvgIpc) is 3.52. The maximum absolute atomic E-state index is 13.4. The van der Waals surface area contributed by atoms with Gasteiger partial charge in [0.1, 0.15) is 18.1 Å². The lowest BCUT2D eigenvalue weighted by Gasteiger charge is -2.24. The summed E-state index contributed by atoms with van der Waals surface area (Å²) < 4.78 is 0. The number of rotatable bonds is 13. The molecule has 4 amide bonds. The second-order valence-corrected chi connectivity index (χ2v) is 8.83. The van der Waals surface area contributed by atoms with Crippen molar-refractivity contribution in [2.24, 2.45) is 11.5 Å². The molecule has 0 saturated carbocycles. The highest BCUT2D eigenvalue weighted by molar-refractivity contribution is 5.95. The normalized spacial score (nSPS) is 14.2. The molecule has 0 spiro atoms. The van der Waals surface area contributed by atoms with Crippen LogP contribution in [-0.2, 0) is 36.8 Å². The monoisotopic (exact) mass is 526 g/mol. The summed E-state index contributed by atoms with van der Waals surface area (Å²) in [7, 11) is 0. The molecule has 0 aliphatic carbocycles. The van der Waals surface area contributed by atoms with Gasteiger partial charge in [0.2, 0.25) is 23.6 Å². The van der Waals surface area contributed by atoms with E-state index in [1.165, 1.54) is 19.4 Å². The maximum atomic E-state index is 13.4. The van der Waals surface area contributed by atoms with Crippen LogP contribution in [-0.4, -0.2) is 73.8 Å². The van der Waals surface area contributed by atoms with Gasteiger partial charge in [-0.2, -0.15) is 0 Å². The second-order valence-electron chi connectivity index (χ2n) is 8.83. The summed E-state index contributed by atoms with van der Waals surface area (Å²) >= 11 is 0. The van der Waals surface area contributed by atoms with Crippen LogP contribution in [0.3, 0.4) is 0 Å². The van der Waals surface area contributed by atoms with Crippen LogP contribution in [0.4, 0.5) is 0 Å².